The van der Waals surface area contributed by atoms with Crippen molar-refractivity contribution in [1.82, 2.24) is 20.3 Å². The Morgan fingerprint density at radius 1 is 1.32 bits per heavy atom. The van der Waals surface area contributed by atoms with Gasteiger partial charge in [-0.15, -0.1) is 0 Å². The molecule has 0 aromatic carbocycles. The maximum atomic E-state index is 4.75. The van der Waals surface area contributed by atoms with Crippen LogP contribution in [0.1, 0.15) is 30.3 Å². The largest absolute Gasteiger partial charge is 0.312 e. The number of nitrogens with one attached hydrogen (secondary N) is 1. The molecule has 0 unspecified atom stereocenters. The van der Waals surface area contributed by atoms with Gasteiger partial charge in [0.1, 0.15) is 0 Å². The first-order valence-electron chi connectivity index (χ1n) is 6.88. The quantitative estimate of drug-likeness (QED) is 0.911. The van der Waals surface area contributed by atoms with Gasteiger partial charge in [-0.2, -0.15) is 0 Å². The summed E-state index contributed by atoms with van der Waals surface area (Å²) in [5.41, 5.74) is 4.71. The van der Waals surface area contributed by atoms with Crippen LogP contribution in [0.3, 0.4) is 0 Å². The van der Waals surface area contributed by atoms with Gasteiger partial charge in [0.2, 0.25) is 0 Å². The summed E-state index contributed by atoms with van der Waals surface area (Å²) in [4.78, 5) is 13.6. The molecule has 1 N–H and O–H groups in total. The van der Waals surface area contributed by atoms with Gasteiger partial charge < -0.3 is 5.32 Å². The molecule has 0 saturated carbocycles. The van der Waals surface area contributed by atoms with Crippen LogP contribution in [0.25, 0.3) is 11.4 Å². The summed E-state index contributed by atoms with van der Waals surface area (Å²) in [6, 6.07) is 3.95. The van der Waals surface area contributed by atoms with E-state index in [0.717, 1.165) is 43.7 Å². The number of rotatable bonds is 3. The van der Waals surface area contributed by atoms with Gasteiger partial charge in [0.15, 0.2) is 5.82 Å². The van der Waals surface area contributed by atoms with Crippen LogP contribution in [-0.4, -0.2) is 21.5 Å². The zero-order chi connectivity index (χ0) is 13.1. The van der Waals surface area contributed by atoms with Crippen LogP contribution in [0.15, 0.2) is 24.5 Å². The summed E-state index contributed by atoms with van der Waals surface area (Å²) >= 11 is 0. The molecule has 0 amide bonds. The van der Waals surface area contributed by atoms with E-state index in [0.29, 0.717) is 0 Å². The number of nitrogens with zero attached hydrogens (tertiary/aromatic N) is 3. The number of fused-ring (bicyclic) bond motifs is 1. The Bertz CT molecular complexity index is 566. The monoisotopic (exact) mass is 254 g/mol. The van der Waals surface area contributed by atoms with Crippen LogP contribution in [0.2, 0.25) is 0 Å². The molecule has 0 bridgehead atoms. The third-order valence-electron chi connectivity index (χ3n) is 3.43. The summed E-state index contributed by atoms with van der Waals surface area (Å²) in [5.74, 6) is 0.817. The predicted molar refractivity (Wildman–Crippen MR) is 74.7 cm³/mol. The summed E-state index contributed by atoms with van der Waals surface area (Å²) in [5, 5.41) is 3.41. The highest BCUT2D eigenvalue weighted by Crippen LogP contribution is 2.21. The molecule has 3 rings (SSSR count). The minimum Gasteiger partial charge on any atom is -0.312 e. The van der Waals surface area contributed by atoms with E-state index >= 15 is 0 Å². The van der Waals surface area contributed by atoms with E-state index in [4.69, 9.17) is 9.97 Å². The highest BCUT2D eigenvalue weighted by Gasteiger charge is 2.17. The molecular formula is C15H18N4. The standard InChI is InChI=1S/C15H18N4/c1-2-4-13-12-10-17-8-6-14(12)19-15(18-13)11-5-3-7-16-9-11/h3,5,7,9,17H,2,4,6,8,10H2,1H3. The van der Waals surface area contributed by atoms with Crippen molar-refractivity contribution in [2.45, 2.75) is 32.7 Å². The molecule has 0 fully saturated rings. The molecule has 0 aliphatic carbocycles. The van der Waals surface area contributed by atoms with Gasteiger partial charge in [0.25, 0.3) is 0 Å². The molecule has 4 nitrogen and oxygen atoms in total. The lowest BCUT2D eigenvalue weighted by atomic mass is 10.0. The highest BCUT2D eigenvalue weighted by atomic mass is 15.0. The van der Waals surface area contributed by atoms with Crippen molar-refractivity contribution < 1.29 is 0 Å². The Labute approximate surface area is 113 Å². The third-order valence-corrected chi connectivity index (χ3v) is 3.43. The second-order valence-corrected chi connectivity index (χ2v) is 4.84. The molecule has 3 heterocycles. The van der Waals surface area contributed by atoms with Crippen LogP contribution in [0, 0.1) is 0 Å². The summed E-state index contributed by atoms with van der Waals surface area (Å²) < 4.78 is 0. The maximum absolute atomic E-state index is 4.75. The molecule has 2 aromatic heterocycles. The normalized spacial score (nSPS) is 14.2. The van der Waals surface area contributed by atoms with Crippen molar-refractivity contribution in [3.63, 3.8) is 0 Å². The van der Waals surface area contributed by atoms with Crippen molar-refractivity contribution in [3.8, 4) is 11.4 Å². The van der Waals surface area contributed by atoms with Gasteiger partial charge >= 0.3 is 0 Å². The second kappa shape index (κ2) is 5.45. The summed E-state index contributed by atoms with van der Waals surface area (Å²) in [6.45, 7) is 4.09. The first-order chi connectivity index (χ1) is 9.38. The molecule has 0 spiro atoms. The molecule has 0 saturated heterocycles. The minimum atomic E-state index is 0.817. The van der Waals surface area contributed by atoms with E-state index in [1.54, 1.807) is 6.20 Å². The molecule has 1 aliphatic rings. The van der Waals surface area contributed by atoms with Gasteiger partial charge in [-0.1, -0.05) is 13.3 Å². The fourth-order valence-corrected chi connectivity index (χ4v) is 2.48. The Balaban J connectivity index is 2.09. The molecule has 4 heteroatoms. The van der Waals surface area contributed by atoms with Gasteiger partial charge in [0, 0.05) is 48.7 Å². The Morgan fingerprint density at radius 3 is 3.05 bits per heavy atom. The average molecular weight is 254 g/mol. The number of aromatic nitrogens is 3. The van der Waals surface area contributed by atoms with E-state index < -0.39 is 0 Å². The lowest BCUT2D eigenvalue weighted by molar-refractivity contribution is 0.615. The molecule has 0 atom stereocenters. The van der Waals surface area contributed by atoms with E-state index in [9.17, 15) is 0 Å². The Morgan fingerprint density at radius 2 is 2.26 bits per heavy atom. The third kappa shape index (κ3) is 2.49. The molecule has 98 valence electrons. The van der Waals surface area contributed by atoms with Crippen molar-refractivity contribution in [2.24, 2.45) is 0 Å². The van der Waals surface area contributed by atoms with Gasteiger partial charge in [-0.3, -0.25) is 4.98 Å². The van der Waals surface area contributed by atoms with Crippen LogP contribution < -0.4 is 5.32 Å². The number of hydrogen-bond donors (Lipinski definition) is 1. The lowest BCUT2D eigenvalue weighted by Crippen LogP contribution is -2.26. The molecule has 2 aromatic rings. The van der Waals surface area contributed by atoms with Gasteiger partial charge in [-0.25, -0.2) is 9.97 Å². The van der Waals surface area contributed by atoms with Crippen LogP contribution in [0.5, 0.6) is 0 Å². The maximum Gasteiger partial charge on any atom is 0.161 e. The van der Waals surface area contributed by atoms with Crippen molar-refractivity contribution >= 4 is 0 Å². The Hall–Kier alpha value is -1.81. The number of aryl methyl sites for hydroxylation is 1. The van der Waals surface area contributed by atoms with Crippen LogP contribution in [0.4, 0.5) is 0 Å². The van der Waals surface area contributed by atoms with Crippen molar-refractivity contribution in [2.75, 3.05) is 6.54 Å². The smallest absolute Gasteiger partial charge is 0.161 e. The second-order valence-electron chi connectivity index (χ2n) is 4.84. The molecule has 19 heavy (non-hydrogen) atoms. The lowest BCUT2D eigenvalue weighted by Gasteiger charge is -2.20. The first kappa shape index (κ1) is 12.2. The van der Waals surface area contributed by atoms with E-state index in [1.807, 2.05) is 18.3 Å². The molecular weight excluding hydrogens is 236 g/mol. The minimum absolute atomic E-state index is 0.817. The fourth-order valence-electron chi connectivity index (χ4n) is 2.48. The van der Waals surface area contributed by atoms with Crippen molar-refractivity contribution in [1.29, 1.82) is 0 Å². The summed E-state index contributed by atoms with van der Waals surface area (Å²) in [7, 11) is 0. The average Bonchev–Trinajstić information content (AvgIpc) is 2.48. The first-order valence-corrected chi connectivity index (χ1v) is 6.88. The fraction of sp³-hybridized carbons (Fsp3) is 0.400. The predicted octanol–water partition coefficient (Wildman–Crippen LogP) is 2.14. The van der Waals surface area contributed by atoms with E-state index in [2.05, 4.69) is 17.2 Å². The van der Waals surface area contributed by atoms with E-state index in [1.165, 1.54) is 17.0 Å². The topological polar surface area (TPSA) is 50.7 Å². The van der Waals surface area contributed by atoms with Crippen LogP contribution >= 0.6 is 0 Å². The van der Waals surface area contributed by atoms with E-state index in [-0.39, 0.29) is 0 Å². The molecule has 1 aliphatic heterocycles. The van der Waals surface area contributed by atoms with Gasteiger partial charge in [-0.05, 0) is 18.6 Å². The number of pyridine rings is 1. The zero-order valence-electron chi connectivity index (χ0n) is 11.2. The Kier molecular flexibility index (Phi) is 3.51. The zero-order valence-corrected chi connectivity index (χ0v) is 11.2. The number of hydrogen-bond acceptors (Lipinski definition) is 4. The van der Waals surface area contributed by atoms with Gasteiger partial charge in [0.05, 0.1) is 5.69 Å². The highest BCUT2D eigenvalue weighted by molar-refractivity contribution is 5.54. The SMILES string of the molecule is CCCc1nc(-c2cccnc2)nc2c1CNCC2. The van der Waals surface area contributed by atoms with Crippen LogP contribution in [-0.2, 0) is 19.4 Å². The van der Waals surface area contributed by atoms with Crippen molar-refractivity contribution in [3.05, 3.63) is 41.5 Å². The summed E-state index contributed by atoms with van der Waals surface area (Å²) in [6.07, 6.45) is 6.72. The molecule has 0 radical (unpaired) electrons.